The van der Waals surface area contributed by atoms with Gasteiger partial charge < -0.3 is 11.1 Å². The van der Waals surface area contributed by atoms with Crippen molar-refractivity contribution in [2.45, 2.75) is 6.54 Å². The molecule has 17 heavy (non-hydrogen) atoms. The van der Waals surface area contributed by atoms with Crippen LogP contribution in [0.3, 0.4) is 0 Å². The quantitative estimate of drug-likeness (QED) is 0.507. The highest BCUT2D eigenvalue weighted by molar-refractivity contribution is 5.41. The number of aryl methyl sites for hydroxylation is 1. The highest BCUT2D eigenvalue weighted by Gasteiger charge is 2.06. The van der Waals surface area contributed by atoms with Crippen LogP contribution in [0, 0.1) is 0 Å². The summed E-state index contributed by atoms with van der Waals surface area (Å²) in [5.74, 6) is 0.520. The zero-order valence-corrected chi connectivity index (χ0v) is 9.02. The number of aromatic nitrogens is 5. The molecule has 0 amide bonds. The summed E-state index contributed by atoms with van der Waals surface area (Å²) in [5.41, 5.74) is 5.22. The molecule has 0 radical (unpaired) electrons. The Morgan fingerprint density at radius 1 is 1.53 bits per heavy atom. The number of anilines is 2. The summed E-state index contributed by atoms with van der Waals surface area (Å²) in [6.07, 6.45) is 1.59. The first-order valence-corrected chi connectivity index (χ1v) is 4.77. The lowest BCUT2D eigenvalue weighted by Crippen LogP contribution is -2.26. The number of aromatic amines is 2. The summed E-state index contributed by atoms with van der Waals surface area (Å²) < 4.78 is 1.52. The second kappa shape index (κ2) is 4.12. The van der Waals surface area contributed by atoms with Crippen LogP contribution in [0.15, 0.2) is 15.8 Å². The fourth-order valence-corrected chi connectivity index (χ4v) is 1.28. The highest BCUT2D eigenvalue weighted by atomic mass is 16.2. The van der Waals surface area contributed by atoms with Crippen LogP contribution in [0.25, 0.3) is 0 Å². The van der Waals surface area contributed by atoms with Gasteiger partial charge in [0.2, 0.25) is 5.82 Å². The summed E-state index contributed by atoms with van der Waals surface area (Å²) in [7, 11) is 1.71. The normalized spacial score (nSPS) is 10.4. The van der Waals surface area contributed by atoms with Crippen LogP contribution in [0.2, 0.25) is 0 Å². The first kappa shape index (κ1) is 10.9. The maximum absolute atomic E-state index is 11.3. The number of nitrogens with zero attached hydrogens (tertiary/aromatic N) is 3. The Kier molecular flexibility index (Phi) is 2.65. The van der Waals surface area contributed by atoms with Crippen LogP contribution >= 0.6 is 0 Å². The number of nitrogen functional groups attached to an aromatic ring is 1. The van der Waals surface area contributed by atoms with Gasteiger partial charge in [0.15, 0.2) is 0 Å². The Morgan fingerprint density at radius 3 is 2.88 bits per heavy atom. The minimum Gasteiger partial charge on any atom is -0.384 e. The first-order chi connectivity index (χ1) is 8.08. The van der Waals surface area contributed by atoms with E-state index in [4.69, 9.17) is 5.73 Å². The maximum atomic E-state index is 11.3. The van der Waals surface area contributed by atoms with Crippen LogP contribution in [-0.4, -0.2) is 25.0 Å². The topological polar surface area (TPSA) is 134 Å². The monoisotopic (exact) mass is 237 g/mol. The van der Waals surface area contributed by atoms with Crippen molar-refractivity contribution in [1.82, 2.24) is 25.0 Å². The van der Waals surface area contributed by atoms with Gasteiger partial charge in [0.05, 0.1) is 6.20 Å². The van der Waals surface area contributed by atoms with Gasteiger partial charge in [-0.3, -0.25) is 14.5 Å². The molecule has 0 atom stereocenters. The molecule has 90 valence electrons. The summed E-state index contributed by atoms with van der Waals surface area (Å²) in [4.78, 5) is 24.1. The van der Waals surface area contributed by atoms with E-state index in [1.54, 1.807) is 13.2 Å². The Hall–Kier alpha value is -2.58. The Balaban J connectivity index is 2.15. The highest BCUT2D eigenvalue weighted by Crippen LogP contribution is 2.09. The summed E-state index contributed by atoms with van der Waals surface area (Å²) in [6, 6.07) is 0. The molecule has 0 saturated carbocycles. The molecule has 2 aromatic heterocycles. The fourth-order valence-electron chi connectivity index (χ4n) is 1.28. The molecule has 2 heterocycles. The predicted molar refractivity (Wildman–Crippen MR) is 60.4 cm³/mol. The maximum Gasteiger partial charge on any atom is 0.342 e. The van der Waals surface area contributed by atoms with Crippen molar-refractivity contribution in [2.24, 2.45) is 7.05 Å². The average Bonchev–Trinajstić information content (AvgIpc) is 2.59. The zero-order chi connectivity index (χ0) is 12.4. The third-order valence-corrected chi connectivity index (χ3v) is 2.22. The van der Waals surface area contributed by atoms with Crippen LogP contribution in [-0.2, 0) is 13.6 Å². The smallest absolute Gasteiger partial charge is 0.342 e. The molecule has 0 saturated heterocycles. The van der Waals surface area contributed by atoms with Crippen molar-refractivity contribution in [2.75, 3.05) is 11.1 Å². The van der Waals surface area contributed by atoms with Crippen LogP contribution in [0.1, 0.15) is 5.56 Å². The second-order valence-corrected chi connectivity index (χ2v) is 3.39. The van der Waals surface area contributed by atoms with Crippen molar-refractivity contribution in [3.63, 3.8) is 0 Å². The summed E-state index contributed by atoms with van der Waals surface area (Å²) in [6.45, 7) is 0.293. The van der Waals surface area contributed by atoms with E-state index in [9.17, 15) is 9.59 Å². The van der Waals surface area contributed by atoms with E-state index in [1.807, 2.05) is 0 Å². The van der Waals surface area contributed by atoms with Crippen molar-refractivity contribution in [3.05, 3.63) is 32.6 Å². The molecule has 2 rings (SSSR count). The molecule has 2 aromatic rings. The third kappa shape index (κ3) is 2.17. The lowest BCUT2D eigenvalue weighted by atomic mass is 10.3. The number of hydrogen-bond donors (Lipinski definition) is 4. The van der Waals surface area contributed by atoms with Gasteiger partial charge in [0.25, 0.3) is 5.56 Å². The van der Waals surface area contributed by atoms with E-state index in [1.165, 1.54) is 4.68 Å². The largest absolute Gasteiger partial charge is 0.384 e. The van der Waals surface area contributed by atoms with E-state index in [0.717, 1.165) is 5.56 Å². The summed E-state index contributed by atoms with van der Waals surface area (Å²) >= 11 is 0. The zero-order valence-electron chi connectivity index (χ0n) is 9.02. The van der Waals surface area contributed by atoms with Crippen LogP contribution in [0.4, 0.5) is 11.6 Å². The van der Waals surface area contributed by atoms with Gasteiger partial charge in [-0.2, -0.15) is 5.10 Å². The summed E-state index contributed by atoms with van der Waals surface area (Å²) in [5, 5.41) is 12.4. The van der Waals surface area contributed by atoms with Gasteiger partial charge in [-0.1, -0.05) is 0 Å². The van der Waals surface area contributed by atoms with Gasteiger partial charge in [0, 0.05) is 19.2 Å². The van der Waals surface area contributed by atoms with Crippen molar-refractivity contribution < 1.29 is 0 Å². The van der Waals surface area contributed by atoms with Crippen molar-refractivity contribution in [3.8, 4) is 0 Å². The molecule has 0 spiro atoms. The number of hydrogen-bond acceptors (Lipinski definition) is 6. The standard InChI is InChI=1S/C8H11N7O2/c1-15-5(9)4(3-11-15)2-10-6-7(16)12-8(17)14-13-6/h3H,2,9H2,1H3,(H,10,13)(H2,12,14,16,17). The molecule has 0 aromatic carbocycles. The molecule has 0 fully saturated rings. The van der Waals surface area contributed by atoms with E-state index in [0.29, 0.717) is 12.4 Å². The van der Waals surface area contributed by atoms with Gasteiger partial charge in [-0.25, -0.2) is 9.89 Å². The Morgan fingerprint density at radius 2 is 2.29 bits per heavy atom. The second-order valence-electron chi connectivity index (χ2n) is 3.39. The molecule has 0 bridgehead atoms. The predicted octanol–water partition coefficient (Wildman–Crippen LogP) is -1.61. The van der Waals surface area contributed by atoms with Crippen molar-refractivity contribution >= 4 is 11.6 Å². The molecule has 9 heteroatoms. The van der Waals surface area contributed by atoms with Crippen LogP contribution < -0.4 is 22.3 Å². The minimum absolute atomic E-state index is 0.0212. The number of rotatable bonds is 3. The Labute approximate surface area is 94.7 Å². The van der Waals surface area contributed by atoms with Gasteiger partial charge in [0.1, 0.15) is 5.82 Å². The van der Waals surface area contributed by atoms with Crippen LogP contribution in [0.5, 0.6) is 0 Å². The first-order valence-electron chi connectivity index (χ1n) is 4.77. The van der Waals surface area contributed by atoms with Crippen molar-refractivity contribution in [1.29, 1.82) is 0 Å². The molecular weight excluding hydrogens is 226 g/mol. The Bertz CT molecular complexity index is 638. The van der Waals surface area contributed by atoms with E-state index in [2.05, 4.69) is 25.6 Å². The molecule has 5 N–H and O–H groups in total. The molecule has 0 aliphatic heterocycles. The van der Waals surface area contributed by atoms with E-state index in [-0.39, 0.29) is 5.82 Å². The number of nitrogens with one attached hydrogen (secondary N) is 3. The van der Waals surface area contributed by atoms with E-state index < -0.39 is 11.2 Å². The molecule has 0 aliphatic rings. The average molecular weight is 237 g/mol. The third-order valence-electron chi connectivity index (χ3n) is 2.22. The molecule has 0 unspecified atom stereocenters. The lowest BCUT2D eigenvalue weighted by Gasteiger charge is -2.02. The minimum atomic E-state index is -0.651. The lowest BCUT2D eigenvalue weighted by molar-refractivity contribution is 0.778. The fraction of sp³-hybridized carbons (Fsp3) is 0.250. The van der Waals surface area contributed by atoms with Gasteiger partial charge >= 0.3 is 5.69 Å². The van der Waals surface area contributed by atoms with Gasteiger partial charge in [-0.15, -0.1) is 5.10 Å². The van der Waals surface area contributed by atoms with E-state index >= 15 is 0 Å². The molecule has 9 nitrogen and oxygen atoms in total. The number of H-pyrrole nitrogens is 2. The molecule has 0 aliphatic carbocycles. The van der Waals surface area contributed by atoms with Gasteiger partial charge in [-0.05, 0) is 0 Å². The SMILES string of the molecule is Cn1ncc(CNc2n[nH]c(=O)[nH]c2=O)c1N. The molecular formula is C8H11N7O2. The number of nitrogens with two attached hydrogens (primary N) is 1.